The van der Waals surface area contributed by atoms with Gasteiger partial charge < -0.3 is 9.47 Å². The fourth-order valence-electron chi connectivity index (χ4n) is 5.65. The van der Waals surface area contributed by atoms with Crippen LogP contribution >= 0.6 is 0 Å². The number of ketones is 1. The predicted octanol–water partition coefficient (Wildman–Crippen LogP) is 4.03. The van der Waals surface area contributed by atoms with Gasteiger partial charge in [0.1, 0.15) is 17.3 Å². The highest BCUT2D eigenvalue weighted by Gasteiger charge is 2.57. The van der Waals surface area contributed by atoms with Crippen molar-refractivity contribution in [2.45, 2.75) is 24.9 Å². The summed E-state index contributed by atoms with van der Waals surface area (Å²) in [4.78, 5) is 15.9. The Labute approximate surface area is 160 Å². The summed E-state index contributed by atoms with van der Waals surface area (Å²) in [6.45, 7) is 1.08. The maximum atomic E-state index is 13.3. The van der Waals surface area contributed by atoms with E-state index in [0.717, 1.165) is 30.9 Å². The molecule has 0 radical (unpaired) electrons. The quantitative estimate of drug-likeness (QED) is 0.822. The SMILES string of the molecule is COc1ccc(C2C3CC4CC(C3=O)C(c3ccc(OC)cc3)N2C4)cc1. The standard InChI is InChI=1S/C23H25NO3/c1-26-17-7-3-15(4-8-17)21-19-11-14-12-20(23(19)25)22(24(21)13-14)16-5-9-18(27-2)10-6-16/h3-10,14,19-22H,11-13H2,1-2H3. The lowest BCUT2D eigenvalue weighted by Crippen LogP contribution is -2.60. The van der Waals surface area contributed by atoms with E-state index in [2.05, 4.69) is 29.2 Å². The zero-order valence-electron chi connectivity index (χ0n) is 15.8. The highest BCUT2D eigenvalue weighted by Crippen LogP contribution is 2.57. The van der Waals surface area contributed by atoms with Gasteiger partial charge in [-0.25, -0.2) is 0 Å². The molecule has 4 aliphatic rings. The van der Waals surface area contributed by atoms with E-state index in [1.54, 1.807) is 14.2 Å². The average Bonchev–Trinajstić information content (AvgIpc) is 2.72. The lowest BCUT2D eigenvalue weighted by Gasteiger charge is -2.59. The number of carbonyl (C=O) groups is 1. The molecule has 4 atom stereocenters. The van der Waals surface area contributed by atoms with Crippen LogP contribution < -0.4 is 9.47 Å². The first-order valence-corrected chi connectivity index (χ1v) is 9.77. The van der Waals surface area contributed by atoms with E-state index in [0.29, 0.717) is 11.7 Å². The van der Waals surface area contributed by atoms with Gasteiger partial charge >= 0.3 is 0 Å². The summed E-state index contributed by atoms with van der Waals surface area (Å²) in [6.07, 6.45) is 2.08. The molecule has 2 aromatic carbocycles. The summed E-state index contributed by atoms with van der Waals surface area (Å²) in [5.74, 6) is 3.09. The Kier molecular flexibility index (Phi) is 3.97. The smallest absolute Gasteiger partial charge is 0.142 e. The predicted molar refractivity (Wildman–Crippen MR) is 103 cm³/mol. The molecule has 4 heteroatoms. The van der Waals surface area contributed by atoms with Gasteiger partial charge in [0, 0.05) is 30.5 Å². The van der Waals surface area contributed by atoms with E-state index in [-0.39, 0.29) is 23.9 Å². The Morgan fingerprint density at radius 3 is 1.63 bits per heavy atom. The van der Waals surface area contributed by atoms with E-state index in [1.165, 1.54) is 11.1 Å². The molecule has 0 N–H and O–H groups in total. The van der Waals surface area contributed by atoms with Crippen molar-refractivity contribution in [3.63, 3.8) is 0 Å². The minimum absolute atomic E-state index is 0.130. The topological polar surface area (TPSA) is 38.8 Å². The highest BCUT2D eigenvalue weighted by molar-refractivity contribution is 5.87. The van der Waals surface area contributed by atoms with Crippen LogP contribution in [0.5, 0.6) is 11.5 Å². The summed E-state index contributed by atoms with van der Waals surface area (Å²) < 4.78 is 10.6. The Morgan fingerprint density at radius 2 is 1.22 bits per heavy atom. The molecule has 6 rings (SSSR count). The van der Waals surface area contributed by atoms with Gasteiger partial charge in [0.2, 0.25) is 0 Å². The summed E-state index contributed by atoms with van der Waals surface area (Å²) >= 11 is 0. The van der Waals surface area contributed by atoms with Crippen LogP contribution in [0.2, 0.25) is 0 Å². The van der Waals surface area contributed by atoms with Crippen molar-refractivity contribution in [1.82, 2.24) is 4.90 Å². The molecular formula is C23H25NO3. The number of hydrogen-bond acceptors (Lipinski definition) is 4. The van der Waals surface area contributed by atoms with Gasteiger partial charge in [0.15, 0.2) is 0 Å². The van der Waals surface area contributed by atoms with Gasteiger partial charge in [-0.3, -0.25) is 9.69 Å². The molecule has 3 saturated heterocycles. The van der Waals surface area contributed by atoms with E-state index in [9.17, 15) is 4.79 Å². The van der Waals surface area contributed by atoms with Gasteiger partial charge in [-0.1, -0.05) is 24.3 Å². The number of benzene rings is 2. The number of hydrogen-bond donors (Lipinski definition) is 0. The van der Waals surface area contributed by atoms with Crippen LogP contribution in [0, 0.1) is 17.8 Å². The van der Waals surface area contributed by atoms with E-state index in [4.69, 9.17) is 9.47 Å². The number of Topliss-reactive ketones (excluding diaryl/α,β-unsaturated/α-hetero) is 1. The van der Waals surface area contributed by atoms with Crippen molar-refractivity contribution in [3.8, 4) is 11.5 Å². The third kappa shape index (κ3) is 2.58. The van der Waals surface area contributed by atoms with Crippen LogP contribution in [-0.4, -0.2) is 31.4 Å². The number of ether oxygens (including phenoxy) is 2. The van der Waals surface area contributed by atoms with Crippen molar-refractivity contribution < 1.29 is 14.3 Å². The first kappa shape index (κ1) is 16.8. The van der Waals surface area contributed by atoms with Gasteiger partial charge in [0.25, 0.3) is 0 Å². The lowest BCUT2D eigenvalue weighted by molar-refractivity contribution is -0.160. The molecule has 3 heterocycles. The van der Waals surface area contributed by atoms with Gasteiger partial charge in [0.05, 0.1) is 14.2 Å². The third-order valence-electron chi connectivity index (χ3n) is 6.77. The van der Waals surface area contributed by atoms with E-state index >= 15 is 0 Å². The summed E-state index contributed by atoms with van der Waals surface area (Å²) in [5.41, 5.74) is 2.46. The largest absolute Gasteiger partial charge is 0.497 e. The minimum atomic E-state index is 0.130. The number of nitrogens with zero attached hydrogens (tertiary/aromatic N) is 1. The fourth-order valence-corrected chi connectivity index (χ4v) is 5.65. The second-order valence-electron chi connectivity index (χ2n) is 8.09. The molecule has 2 aromatic rings. The van der Waals surface area contributed by atoms with Crippen LogP contribution in [-0.2, 0) is 4.79 Å². The molecule has 1 aliphatic carbocycles. The number of methoxy groups -OCH3 is 2. The van der Waals surface area contributed by atoms with Crippen LogP contribution in [0.3, 0.4) is 0 Å². The molecule has 0 amide bonds. The molecular weight excluding hydrogens is 338 g/mol. The molecule has 4 unspecified atom stereocenters. The highest BCUT2D eigenvalue weighted by atomic mass is 16.5. The number of rotatable bonds is 4. The zero-order chi connectivity index (χ0) is 18.5. The Balaban J connectivity index is 1.55. The van der Waals surface area contributed by atoms with E-state index in [1.807, 2.05) is 24.3 Å². The normalized spacial score (nSPS) is 33.9. The molecule has 4 fully saturated rings. The molecule has 4 nitrogen and oxygen atoms in total. The maximum Gasteiger partial charge on any atom is 0.142 e. The molecule has 0 spiro atoms. The third-order valence-corrected chi connectivity index (χ3v) is 6.77. The monoisotopic (exact) mass is 363 g/mol. The Hall–Kier alpha value is -2.33. The Bertz CT molecular complexity index is 777. The first-order valence-electron chi connectivity index (χ1n) is 9.77. The number of piperidine rings is 3. The van der Waals surface area contributed by atoms with Crippen molar-refractivity contribution in [3.05, 3.63) is 59.7 Å². The van der Waals surface area contributed by atoms with Crippen molar-refractivity contribution in [2.24, 2.45) is 17.8 Å². The molecule has 0 aromatic heterocycles. The van der Waals surface area contributed by atoms with Gasteiger partial charge in [-0.2, -0.15) is 0 Å². The zero-order valence-corrected chi connectivity index (χ0v) is 15.8. The van der Waals surface area contributed by atoms with Crippen molar-refractivity contribution >= 4 is 5.78 Å². The summed E-state index contributed by atoms with van der Waals surface area (Å²) in [7, 11) is 3.37. The van der Waals surface area contributed by atoms with E-state index < -0.39 is 0 Å². The van der Waals surface area contributed by atoms with Crippen LogP contribution in [0.4, 0.5) is 0 Å². The van der Waals surface area contributed by atoms with Crippen LogP contribution in [0.15, 0.2) is 48.5 Å². The second kappa shape index (κ2) is 6.38. The van der Waals surface area contributed by atoms with Crippen molar-refractivity contribution in [2.75, 3.05) is 20.8 Å². The molecule has 140 valence electrons. The minimum Gasteiger partial charge on any atom is -0.497 e. The first-order chi connectivity index (χ1) is 13.2. The summed E-state index contributed by atoms with van der Waals surface area (Å²) in [6, 6.07) is 16.9. The maximum absolute atomic E-state index is 13.3. The Morgan fingerprint density at radius 1 is 0.778 bits per heavy atom. The van der Waals surface area contributed by atoms with Crippen LogP contribution in [0.1, 0.15) is 36.1 Å². The van der Waals surface area contributed by atoms with Crippen LogP contribution in [0.25, 0.3) is 0 Å². The van der Waals surface area contributed by atoms with Gasteiger partial charge in [-0.05, 0) is 54.2 Å². The molecule has 27 heavy (non-hydrogen) atoms. The number of carbonyl (C=O) groups excluding carboxylic acids is 1. The lowest BCUT2D eigenvalue weighted by atomic mass is 9.59. The second-order valence-corrected chi connectivity index (χ2v) is 8.09. The average molecular weight is 363 g/mol. The van der Waals surface area contributed by atoms with Crippen molar-refractivity contribution in [1.29, 1.82) is 0 Å². The fraction of sp³-hybridized carbons (Fsp3) is 0.435. The summed E-state index contributed by atoms with van der Waals surface area (Å²) in [5, 5.41) is 0. The molecule has 3 aliphatic heterocycles. The van der Waals surface area contributed by atoms with Gasteiger partial charge in [-0.15, -0.1) is 0 Å². The molecule has 1 saturated carbocycles. The molecule has 4 bridgehead atoms.